The Labute approximate surface area is 93.0 Å². The van der Waals surface area contributed by atoms with Gasteiger partial charge in [-0.05, 0) is 12.1 Å². The van der Waals surface area contributed by atoms with Gasteiger partial charge in [-0.15, -0.1) is 0 Å². The van der Waals surface area contributed by atoms with Gasteiger partial charge in [-0.1, -0.05) is 5.16 Å². The van der Waals surface area contributed by atoms with Crippen molar-refractivity contribution in [2.45, 2.75) is 0 Å². The maximum absolute atomic E-state index is 13.2. The van der Waals surface area contributed by atoms with Gasteiger partial charge in [0.1, 0.15) is 0 Å². The summed E-state index contributed by atoms with van der Waals surface area (Å²) in [4.78, 5) is 11.4. The molecular formula is C10H5F3N2O2. The highest BCUT2D eigenvalue weighted by Gasteiger charge is 2.17. The zero-order valence-corrected chi connectivity index (χ0v) is 8.21. The number of nitrogens with zero attached hydrogens (tertiary/aromatic N) is 1. The smallest absolute Gasteiger partial charge is 0.294 e. The number of nitrogens with one attached hydrogen (secondary N) is 1. The van der Waals surface area contributed by atoms with Crippen LogP contribution in [0.15, 0.2) is 28.9 Å². The Hall–Kier alpha value is -2.31. The molecule has 17 heavy (non-hydrogen) atoms. The Balaban J connectivity index is 2.25. The van der Waals surface area contributed by atoms with Crippen LogP contribution in [0.25, 0.3) is 0 Å². The maximum atomic E-state index is 13.2. The monoisotopic (exact) mass is 242 g/mol. The minimum atomic E-state index is -1.65. The molecule has 0 saturated carbocycles. The highest BCUT2D eigenvalue weighted by Crippen LogP contribution is 2.20. The van der Waals surface area contributed by atoms with Gasteiger partial charge in [0.05, 0.1) is 11.9 Å². The second kappa shape index (κ2) is 4.28. The van der Waals surface area contributed by atoms with Crippen LogP contribution in [0.1, 0.15) is 10.6 Å². The van der Waals surface area contributed by atoms with Crippen molar-refractivity contribution in [3.05, 3.63) is 47.6 Å². The molecule has 0 spiro atoms. The van der Waals surface area contributed by atoms with E-state index in [9.17, 15) is 18.0 Å². The van der Waals surface area contributed by atoms with Crippen LogP contribution >= 0.6 is 0 Å². The van der Waals surface area contributed by atoms with Crippen LogP contribution < -0.4 is 5.32 Å². The van der Waals surface area contributed by atoms with Crippen molar-refractivity contribution in [3.8, 4) is 0 Å². The van der Waals surface area contributed by atoms with E-state index in [1.807, 2.05) is 5.32 Å². The number of carbonyl (C=O) groups excluding carboxylic acids is 1. The summed E-state index contributed by atoms with van der Waals surface area (Å²) in [5.74, 6) is -5.44. The lowest BCUT2D eigenvalue weighted by atomic mass is 10.2. The van der Waals surface area contributed by atoms with Gasteiger partial charge >= 0.3 is 0 Å². The van der Waals surface area contributed by atoms with Gasteiger partial charge in [-0.25, -0.2) is 13.2 Å². The third kappa shape index (κ3) is 2.12. The summed E-state index contributed by atoms with van der Waals surface area (Å²) in [6.45, 7) is 0. The van der Waals surface area contributed by atoms with E-state index in [-0.39, 0.29) is 5.76 Å². The first-order chi connectivity index (χ1) is 8.09. The molecule has 0 aliphatic heterocycles. The highest BCUT2D eigenvalue weighted by atomic mass is 19.2. The van der Waals surface area contributed by atoms with Gasteiger partial charge in [-0.2, -0.15) is 0 Å². The maximum Gasteiger partial charge on any atom is 0.294 e. The largest absolute Gasteiger partial charge is 0.351 e. The summed E-state index contributed by atoms with van der Waals surface area (Å²) in [6.07, 6.45) is 1.22. The van der Waals surface area contributed by atoms with E-state index in [1.165, 1.54) is 12.3 Å². The third-order valence-electron chi connectivity index (χ3n) is 1.94. The van der Waals surface area contributed by atoms with Crippen LogP contribution in [-0.4, -0.2) is 11.1 Å². The van der Waals surface area contributed by atoms with Crippen molar-refractivity contribution in [2.75, 3.05) is 5.32 Å². The molecule has 4 nitrogen and oxygen atoms in total. The number of benzene rings is 1. The van der Waals surface area contributed by atoms with E-state index < -0.39 is 29.0 Å². The molecule has 1 heterocycles. The highest BCUT2D eigenvalue weighted by molar-refractivity contribution is 6.02. The van der Waals surface area contributed by atoms with Crippen LogP contribution in [0.4, 0.5) is 18.9 Å². The van der Waals surface area contributed by atoms with Gasteiger partial charge in [0.2, 0.25) is 5.76 Å². The van der Waals surface area contributed by atoms with Crippen LogP contribution in [0.5, 0.6) is 0 Å². The Morgan fingerprint density at radius 2 is 1.94 bits per heavy atom. The van der Waals surface area contributed by atoms with Crippen LogP contribution in [0.2, 0.25) is 0 Å². The number of carbonyl (C=O) groups is 1. The molecule has 1 aromatic carbocycles. The molecule has 0 radical (unpaired) electrons. The second-order valence-electron chi connectivity index (χ2n) is 3.05. The first kappa shape index (κ1) is 11.2. The lowest BCUT2D eigenvalue weighted by Gasteiger charge is -2.05. The molecule has 88 valence electrons. The summed E-state index contributed by atoms with van der Waals surface area (Å²) < 4.78 is 43.2. The minimum Gasteiger partial charge on any atom is -0.351 e. The van der Waals surface area contributed by atoms with E-state index in [1.54, 1.807) is 0 Å². The summed E-state index contributed by atoms with van der Waals surface area (Å²) in [5.41, 5.74) is -0.481. The molecule has 7 heteroatoms. The predicted octanol–water partition coefficient (Wildman–Crippen LogP) is 2.34. The van der Waals surface area contributed by atoms with Crippen LogP contribution in [0, 0.1) is 17.5 Å². The quantitative estimate of drug-likeness (QED) is 0.822. The van der Waals surface area contributed by atoms with Crippen molar-refractivity contribution < 1.29 is 22.5 Å². The molecule has 0 saturated heterocycles. The lowest BCUT2D eigenvalue weighted by molar-refractivity contribution is 0.0987. The van der Waals surface area contributed by atoms with Crippen LogP contribution in [-0.2, 0) is 0 Å². The van der Waals surface area contributed by atoms with Gasteiger partial charge in [-0.3, -0.25) is 4.79 Å². The molecule has 2 rings (SSSR count). The number of rotatable bonds is 2. The summed E-state index contributed by atoms with van der Waals surface area (Å²) in [6, 6.07) is 2.85. The third-order valence-corrected chi connectivity index (χ3v) is 1.94. The van der Waals surface area contributed by atoms with Crippen molar-refractivity contribution in [1.29, 1.82) is 0 Å². The van der Waals surface area contributed by atoms with Gasteiger partial charge in [0, 0.05) is 6.07 Å². The second-order valence-corrected chi connectivity index (χ2v) is 3.05. The molecule has 0 bridgehead atoms. The number of halogens is 3. The molecule has 1 amide bonds. The van der Waals surface area contributed by atoms with E-state index in [0.29, 0.717) is 6.07 Å². The average molecular weight is 242 g/mol. The van der Waals surface area contributed by atoms with Gasteiger partial charge < -0.3 is 9.84 Å². The predicted molar refractivity (Wildman–Crippen MR) is 50.8 cm³/mol. The fourth-order valence-corrected chi connectivity index (χ4v) is 1.14. The molecule has 0 aliphatic carbocycles. The molecule has 2 aromatic rings. The fraction of sp³-hybridized carbons (Fsp3) is 0. The van der Waals surface area contributed by atoms with E-state index >= 15 is 0 Å². The number of amides is 1. The number of aromatic nitrogens is 1. The minimum absolute atomic E-state index is 0.172. The molecule has 0 fully saturated rings. The van der Waals surface area contributed by atoms with E-state index in [4.69, 9.17) is 0 Å². The number of anilines is 1. The van der Waals surface area contributed by atoms with Crippen molar-refractivity contribution in [2.24, 2.45) is 0 Å². The average Bonchev–Trinajstić information content (AvgIpc) is 2.83. The molecule has 0 aliphatic rings. The molecule has 0 atom stereocenters. The van der Waals surface area contributed by atoms with Crippen LogP contribution in [0.3, 0.4) is 0 Å². The van der Waals surface area contributed by atoms with Gasteiger partial charge in [0.25, 0.3) is 5.91 Å². The molecule has 0 unspecified atom stereocenters. The summed E-state index contributed by atoms with van der Waals surface area (Å²) >= 11 is 0. The number of hydrogen-bond donors (Lipinski definition) is 1. The van der Waals surface area contributed by atoms with Gasteiger partial charge in [0.15, 0.2) is 17.5 Å². The Kier molecular flexibility index (Phi) is 2.82. The normalized spacial score (nSPS) is 10.3. The first-order valence-corrected chi connectivity index (χ1v) is 4.45. The van der Waals surface area contributed by atoms with Crippen molar-refractivity contribution in [1.82, 2.24) is 5.16 Å². The number of hydrogen-bond acceptors (Lipinski definition) is 3. The van der Waals surface area contributed by atoms with E-state index in [2.05, 4.69) is 9.68 Å². The zero-order valence-electron chi connectivity index (χ0n) is 8.21. The van der Waals surface area contributed by atoms with Crippen molar-refractivity contribution >= 4 is 11.6 Å². The van der Waals surface area contributed by atoms with E-state index in [0.717, 1.165) is 6.07 Å². The SMILES string of the molecule is O=C(Nc1ccc(F)c(F)c1F)c1ccno1. The fourth-order valence-electron chi connectivity index (χ4n) is 1.14. The molecule has 1 aromatic heterocycles. The Morgan fingerprint density at radius 1 is 1.18 bits per heavy atom. The Morgan fingerprint density at radius 3 is 2.59 bits per heavy atom. The van der Waals surface area contributed by atoms with Crippen molar-refractivity contribution in [3.63, 3.8) is 0 Å². The zero-order chi connectivity index (χ0) is 12.4. The first-order valence-electron chi connectivity index (χ1n) is 4.45. The summed E-state index contributed by atoms with van der Waals surface area (Å²) in [5, 5.41) is 5.30. The molecular weight excluding hydrogens is 237 g/mol. The topological polar surface area (TPSA) is 55.1 Å². The lowest BCUT2D eigenvalue weighted by Crippen LogP contribution is -2.13. The molecule has 1 N–H and O–H groups in total. The standard InChI is InChI=1S/C10H5F3N2O2/c11-5-1-2-6(9(13)8(5)12)15-10(16)7-3-4-14-17-7/h1-4H,(H,15,16). The summed E-state index contributed by atoms with van der Waals surface area (Å²) in [7, 11) is 0. The Bertz CT molecular complexity index is 555.